The van der Waals surface area contributed by atoms with Crippen LogP contribution in [0.5, 0.6) is 5.75 Å². The lowest BCUT2D eigenvalue weighted by Crippen LogP contribution is -2.39. The van der Waals surface area contributed by atoms with Gasteiger partial charge >= 0.3 is 12.0 Å². The molecule has 4 rings (SSSR count). The summed E-state index contributed by atoms with van der Waals surface area (Å²) in [7, 11) is 0. The van der Waals surface area contributed by atoms with Crippen LogP contribution in [-0.4, -0.2) is 17.1 Å². The van der Waals surface area contributed by atoms with E-state index in [0.717, 1.165) is 11.1 Å². The number of hydrogen-bond donors (Lipinski definition) is 2. The number of carbonyl (C=O) groups is 2. The second kappa shape index (κ2) is 8.66. The van der Waals surface area contributed by atoms with Crippen molar-refractivity contribution in [3.63, 3.8) is 0 Å². The van der Waals surface area contributed by atoms with Crippen LogP contribution in [0.4, 0.5) is 25.0 Å². The number of aromatic carboxylic acids is 1. The number of halogens is 2. The van der Waals surface area contributed by atoms with Crippen LogP contribution in [-0.2, 0) is 19.6 Å². The zero-order valence-electron chi connectivity index (χ0n) is 17.2. The largest absolute Gasteiger partial charge is 0.489 e. The summed E-state index contributed by atoms with van der Waals surface area (Å²) in [5, 5.41) is 11.9. The van der Waals surface area contributed by atoms with Gasteiger partial charge in [0.25, 0.3) is 0 Å². The highest BCUT2D eigenvalue weighted by molar-refractivity contribution is 6.05. The molecule has 0 atom stereocenters. The highest BCUT2D eigenvalue weighted by atomic mass is 19.1. The summed E-state index contributed by atoms with van der Waals surface area (Å²) in [4.78, 5) is 25.5. The van der Waals surface area contributed by atoms with Crippen LogP contribution in [0.15, 0.2) is 54.6 Å². The second-order valence-electron chi connectivity index (χ2n) is 7.33. The van der Waals surface area contributed by atoms with E-state index in [0.29, 0.717) is 23.5 Å². The predicted octanol–water partition coefficient (Wildman–Crippen LogP) is 5.36. The molecule has 2 N–H and O–H groups in total. The first-order chi connectivity index (χ1) is 15.4. The number of amides is 2. The fourth-order valence-electron chi connectivity index (χ4n) is 3.59. The first-order valence-corrected chi connectivity index (χ1v) is 10.0. The van der Waals surface area contributed by atoms with E-state index in [2.05, 4.69) is 5.32 Å². The minimum atomic E-state index is -1.08. The van der Waals surface area contributed by atoms with Crippen molar-refractivity contribution in [1.82, 2.24) is 0 Å². The molecule has 0 radical (unpaired) electrons. The van der Waals surface area contributed by atoms with Gasteiger partial charge in [-0.05, 0) is 47.9 Å². The maximum atomic E-state index is 13.9. The molecule has 164 valence electrons. The number of ether oxygens (including phenoxy) is 1. The van der Waals surface area contributed by atoms with Gasteiger partial charge in [-0.3, -0.25) is 4.90 Å². The molecule has 1 aliphatic rings. The van der Waals surface area contributed by atoms with Gasteiger partial charge in [0.15, 0.2) is 0 Å². The van der Waals surface area contributed by atoms with Gasteiger partial charge in [-0.2, -0.15) is 0 Å². The van der Waals surface area contributed by atoms with Crippen molar-refractivity contribution in [2.24, 2.45) is 0 Å². The fraction of sp³-hybridized carbons (Fsp3) is 0.167. The number of carboxylic acids is 1. The second-order valence-corrected chi connectivity index (χ2v) is 7.33. The normalized spacial score (nSPS) is 12.8. The molecule has 0 saturated heterocycles. The Hall–Kier alpha value is -3.94. The molecule has 6 nitrogen and oxygen atoms in total. The molecule has 0 bridgehead atoms. The van der Waals surface area contributed by atoms with Crippen LogP contribution in [0.2, 0.25) is 0 Å². The molecule has 1 aliphatic heterocycles. The summed E-state index contributed by atoms with van der Waals surface area (Å²) in [6.07, 6.45) is 0.645. The highest BCUT2D eigenvalue weighted by Crippen LogP contribution is 2.33. The number of benzene rings is 3. The van der Waals surface area contributed by atoms with E-state index in [4.69, 9.17) is 9.84 Å². The average molecular weight is 438 g/mol. The van der Waals surface area contributed by atoms with E-state index in [9.17, 15) is 18.4 Å². The van der Waals surface area contributed by atoms with E-state index in [1.165, 1.54) is 35.2 Å². The topological polar surface area (TPSA) is 78.9 Å². The number of carboxylic acid groups (broad SMARTS) is 1. The van der Waals surface area contributed by atoms with Crippen molar-refractivity contribution < 1.29 is 28.2 Å². The number of carbonyl (C=O) groups excluding carboxylic acids is 1. The van der Waals surface area contributed by atoms with Gasteiger partial charge in [0.2, 0.25) is 0 Å². The van der Waals surface area contributed by atoms with Crippen molar-refractivity contribution in [3.05, 3.63) is 88.5 Å². The molecule has 0 fully saturated rings. The van der Waals surface area contributed by atoms with Crippen molar-refractivity contribution in [3.8, 4) is 5.75 Å². The third kappa shape index (κ3) is 4.12. The molecule has 32 heavy (non-hydrogen) atoms. The molecular weight excluding hydrogens is 418 g/mol. The van der Waals surface area contributed by atoms with Gasteiger partial charge in [0.05, 0.1) is 23.4 Å². The number of nitrogens with zero attached hydrogens (tertiary/aromatic N) is 1. The molecule has 8 heteroatoms. The SMILES string of the molecule is CCc1ccc(OCc2c(F)cccc2F)cc1N1Cc2ccc(C(=O)O)cc2NC1=O. The van der Waals surface area contributed by atoms with Crippen LogP contribution >= 0.6 is 0 Å². The number of fused-ring (bicyclic) bond motifs is 1. The summed E-state index contributed by atoms with van der Waals surface area (Å²) in [5.41, 5.74) is 2.61. The summed E-state index contributed by atoms with van der Waals surface area (Å²) in [5.74, 6) is -2.10. The third-order valence-electron chi connectivity index (χ3n) is 5.35. The van der Waals surface area contributed by atoms with Crippen LogP contribution in [0.1, 0.15) is 34.0 Å². The van der Waals surface area contributed by atoms with Gasteiger partial charge in [0, 0.05) is 11.8 Å². The van der Waals surface area contributed by atoms with Crippen molar-refractivity contribution in [2.45, 2.75) is 26.5 Å². The van der Waals surface area contributed by atoms with Gasteiger partial charge in [-0.1, -0.05) is 25.1 Å². The maximum absolute atomic E-state index is 13.9. The zero-order chi connectivity index (χ0) is 22.8. The molecule has 3 aromatic carbocycles. The van der Waals surface area contributed by atoms with Gasteiger partial charge in [-0.25, -0.2) is 18.4 Å². The number of anilines is 2. The Morgan fingerprint density at radius 3 is 2.56 bits per heavy atom. The number of hydrogen-bond acceptors (Lipinski definition) is 3. The van der Waals surface area contributed by atoms with E-state index in [1.807, 2.05) is 6.92 Å². The highest BCUT2D eigenvalue weighted by Gasteiger charge is 2.26. The fourth-order valence-corrected chi connectivity index (χ4v) is 3.59. The lowest BCUT2D eigenvalue weighted by atomic mass is 10.0. The Balaban J connectivity index is 1.61. The Morgan fingerprint density at radius 2 is 1.88 bits per heavy atom. The quantitative estimate of drug-likeness (QED) is 0.543. The average Bonchev–Trinajstić information content (AvgIpc) is 2.77. The third-order valence-corrected chi connectivity index (χ3v) is 5.35. The number of rotatable bonds is 6. The van der Waals surface area contributed by atoms with Crippen LogP contribution < -0.4 is 15.0 Å². The Kier molecular flexibility index (Phi) is 5.77. The Bertz CT molecular complexity index is 1190. The molecular formula is C24H20F2N2O4. The van der Waals surface area contributed by atoms with Crippen molar-refractivity contribution >= 4 is 23.4 Å². The number of urea groups is 1. The van der Waals surface area contributed by atoms with Crippen molar-refractivity contribution in [2.75, 3.05) is 10.2 Å². The smallest absolute Gasteiger partial charge is 0.335 e. The lowest BCUT2D eigenvalue weighted by molar-refractivity contribution is 0.0697. The molecule has 0 saturated carbocycles. The molecule has 0 spiro atoms. The molecule has 3 aromatic rings. The van der Waals surface area contributed by atoms with Crippen molar-refractivity contribution in [1.29, 1.82) is 0 Å². The monoisotopic (exact) mass is 438 g/mol. The summed E-state index contributed by atoms with van der Waals surface area (Å²) < 4.78 is 33.4. The molecule has 0 unspecified atom stereocenters. The summed E-state index contributed by atoms with van der Waals surface area (Å²) >= 11 is 0. The van der Waals surface area contributed by atoms with Crippen LogP contribution in [0.3, 0.4) is 0 Å². The lowest BCUT2D eigenvalue weighted by Gasteiger charge is -2.31. The standard InChI is InChI=1S/C24H20F2N2O4/c1-2-14-8-9-17(32-13-18-19(25)4-3-5-20(18)26)11-22(14)28-12-16-7-6-15(23(29)30)10-21(16)27-24(28)31/h3-11H,2,12-13H2,1H3,(H,27,31)(H,29,30). The number of aryl methyl sites for hydroxylation is 1. The predicted molar refractivity (Wildman–Crippen MR) is 115 cm³/mol. The van der Waals surface area contributed by atoms with Gasteiger partial charge in [-0.15, -0.1) is 0 Å². The zero-order valence-corrected chi connectivity index (χ0v) is 17.2. The molecule has 0 aromatic heterocycles. The number of nitrogens with one attached hydrogen (secondary N) is 1. The minimum absolute atomic E-state index is 0.0857. The first kappa shape index (κ1) is 21.3. The molecule has 2 amide bonds. The Labute approximate surface area is 183 Å². The summed E-state index contributed by atoms with van der Waals surface area (Å²) in [6, 6.07) is 12.9. The van der Waals surface area contributed by atoms with Gasteiger partial charge < -0.3 is 15.2 Å². The summed E-state index contributed by atoms with van der Waals surface area (Å²) in [6.45, 7) is 1.89. The van der Waals surface area contributed by atoms with E-state index in [-0.39, 0.29) is 24.3 Å². The molecule has 1 heterocycles. The minimum Gasteiger partial charge on any atom is -0.489 e. The van der Waals surface area contributed by atoms with Crippen LogP contribution in [0.25, 0.3) is 0 Å². The molecule has 0 aliphatic carbocycles. The maximum Gasteiger partial charge on any atom is 0.335 e. The first-order valence-electron chi connectivity index (χ1n) is 10.0. The Morgan fingerprint density at radius 1 is 1.12 bits per heavy atom. The van der Waals surface area contributed by atoms with Crippen LogP contribution in [0, 0.1) is 11.6 Å². The van der Waals surface area contributed by atoms with E-state index in [1.54, 1.807) is 24.3 Å². The van der Waals surface area contributed by atoms with E-state index < -0.39 is 23.6 Å². The van der Waals surface area contributed by atoms with Gasteiger partial charge in [0.1, 0.15) is 24.0 Å². The van der Waals surface area contributed by atoms with E-state index >= 15 is 0 Å².